The second-order valence-corrected chi connectivity index (χ2v) is 8.54. The van der Waals surface area contributed by atoms with Gasteiger partial charge in [0.1, 0.15) is 17.8 Å². The summed E-state index contributed by atoms with van der Waals surface area (Å²) in [5, 5.41) is 12.2. The van der Waals surface area contributed by atoms with Gasteiger partial charge in [0.2, 0.25) is 5.91 Å². The zero-order chi connectivity index (χ0) is 23.9. The zero-order valence-corrected chi connectivity index (χ0v) is 19.5. The van der Waals surface area contributed by atoms with Gasteiger partial charge in [-0.2, -0.15) is 0 Å². The van der Waals surface area contributed by atoms with E-state index in [-0.39, 0.29) is 35.2 Å². The highest BCUT2D eigenvalue weighted by molar-refractivity contribution is 5.83. The van der Waals surface area contributed by atoms with Crippen molar-refractivity contribution in [3.63, 3.8) is 0 Å². The molecule has 178 valence electrons. The maximum absolute atomic E-state index is 12.8. The molecule has 1 aromatic carbocycles. The molecule has 0 aliphatic rings. The standard InChI is InChI=1S/C25H37NO6/c1-18(2)23(15-14-21(28)8-6-4-5-7-9-24(30)32-3)25(31)26-20(17-27)16-19-10-12-22(29)13-11-19/h10-13,17-18,20,23,29H,4-9,14-16H2,1-3H3,(H,26,31)/t20?,23-/m0/s1. The number of phenolic OH excluding ortho intramolecular Hbond substituents is 1. The van der Waals surface area contributed by atoms with Crippen molar-refractivity contribution >= 4 is 23.9 Å². The molecular formula is C25H37NO6. The lowest BCUT2D eigenvalue weighted by atomic mass is 9.88. The van der Waals surface area contributed by atoms with E-state index < -0.39 is 6.04 Å². The van der Waals surface area contributed by atoms with E-state index >= 15 is 0 Å². The number of rotatable bonds is 16. The molecule has 0 aromatic heterocycles. The minimum Gasteiger partial charge on any atom is -0.508 e. The largest absolute Gasteiger partial charge is 0.508 e. The molecule has 0 aliphatic carbocycles. The molecule has 0 heterocycles. The van der Waals surface area contributed by atoms with Gasteiger partial charge in [0.25, 0.3) is 0 Å². The molecule has 7 nitrogen and oxygen atoms in total. The first-order valence-electron chi connectivity index (χ1n) is 11.4. The van der Waals surface area contributed by atoms with Crippen LogP contribution in [0, 0.1) is 11.8 Å². The van der Waals surface area contributed by atoms with Crippen molar-refractivity contribution in [3.05, 3.63) is 29.8 Å². The van der Waals surface area contributed by atoms with Gasteiger partial charge < -0.3 is 20.0 Å². The van der Waals surface area contributed by atoms with Gasteiger partial charge in [-0.3, -0.25) is 14.4 Å². The number of Topliss-reactive ketones (excluding diaryl/α,β-unsaturated/α-hetero) is 1. The lowest BCUT2D eigenvalue weighted by Gasteiger charge is -2.22. The van der Waals surface area contributed by atoms with Gasteiger partial charge in [-0.15, -0.1) is 0 Å². The maximum atomic E-state index is 12.8. The van der Waals surface area contributed by atoms with Crippen molar-refractivity contribution in [2.75, 3.05) is 7.11 Å². The third-order valence-corrected chi connectivity index (χ3v) is 5.57. The number of benzene rings is 1. The average Bonchev–Trinajstić information content (AvgIpc) is 2.76. The Morgan fingerprint density at radius 2 is 1.62 bits per heavy atom. The smallest absolute Gasteiger partial charge is 0.305 e. The fourth-order valence-corrected chi connectivity index (χ4v) is 3.56. The molecule has 0 saturated carbocycles. The van der Waals surface area contributed by atoms with Crippen molar-refractivity contribution in [3.8, 4) is 5.75 Å². The number of ketones is 1. The molecule has 1 unspecified atom stereocenters. The summed E-state index contributed by atoms with van der Waals surface area (Å²) in [7, 11) is 1.38. The summed E-state index contributed by atoms with van der Waals surface area (Å²) in [6, 6.07) is 5.86. The number of aromatic hydroxyl groups is 1. The SMILES string of the molecule is COC(=O)CCCCCCC(=O)CC[C@H](C(=O)NC(C=O)Cc1ccc(O)cc1)C(C)C. The molecule has 0 fully saturated rings. The number of nitrogens with one attached hydrogen (secondary N) is 1. The minimum atomic E-state index is -0.658. The van der Waals surface area contributed by atoms with Crippen molar-refractivity contribution in [1.82, 2.24) is 5.32 Å². The molecule has 2 N–H and O–H groups in total. The molecule has 0 spiro atoms. The number of amides is 1. The van der Waals surface area contributed by atoms with Crippen LogP contribution >= 0.6 is 0 Å². The number of ether oxygens (including phenoxy) is 1. The first kappa shape index (κ1) is 27.3. The van der Waals surface area contributed by atoms with Gasteiger partial charge in [-0.25, -0.2) is 0 Å². The Bertz CT molecular complexity index is 728. The molecule has 1 rings (SSSR count). The molecule has 32 heavy (non-hydrogen) atoms. The van der Waals surface area contributed by atoms with Crippen LogP contribution in [0.25, 0.3) is 0 Å². The fraction of sp³-hybridized carbons (Fsp3) is 0.600. The summed E-state index contributed by atoms with van der Waals surface area (Å²) in [5.41, 5.74) is 0.836. The maximum Gasteiger partial charge on any atom is 0.305 e. The first-order chi connectivity index (χ1) is 15.3. The highest BCUT2D eigenvalue weighted by Crippen LogP contribution is 2.20. The monoisotopic (exact) mass is 447 g/mol. The van der Waals surface area contributed by atoms with Crippen molar-refractivity contribution in [2.45, 2.75) is 77.7 Å². The highest BCUT2D eigenvalue weighted by Gasteiger charge is 2.25. The van der Waals surface area contributed by atoms with E-state index in [0.717, 1.165) is 31.2 Å². The average molecular weight is 448 g/mol. The lowest BCUT2D eigenvalue weighted by molar-refractivity contribution is -0.140. The van der Waals surface area contributed by atoms with E-state index in [1.54, 1.807) is 24.3 Å². The van der Waals surface area contributed by atoms with Crippen molar-refractivity contribution < 1.29 is 29.0 Å². The van der Waals surface area contributed by atoms with E-state index in [9.17, 15) is 24.3 Å². The predicted molar refractivity (Wildman–Crippen MR) is 122 cm³/mol. The molecular weight excluding hydrogens is 410 g/mol. The summed E-state index contributed by atoms with van der Waals surface area (Å²) in [5.74, 6) is -0.451. The van der Waals surface area contributed by atoms with Gasteiger partial charge in [-0.1, -0.05) is 38.8 Å². The molecule has 1 amide bonds. The Hall–Kier alpha value is -2.70. The van der Waals surface area contributed by atoms with E-state index in [4.69, 9.17) is 0 Å². The van der Waals surface area contributed by atoms with E-state index in [0.29, 0.717) is 38.4 Å². The summed E-state index contributed by atoms with van der Waals surface area (Å²) in [6.45, 7) is 3.87. The summed E-state index contributed by atoms with van der Waals surface area (Å²) >= 11 is 0. The second-order valence-electron chi connectivity index (χ2n) is 8.54. The Morgan fingerprint density at radius 1 is 1.00 bits per heavy atom. The number of hydrogen-bond acceptors (Lipinski definition) is 6. The lowest BCUT2D eigenvalue weighted by Crippen LogP contribution is -2.42. The van der Waals surface area contributed by atoms with Gasteiger partial charge in [-0.05, 0) is 49.3 Å². The Labute approximate surface area is 190 Å². The third kappa shape index (κ3) is 11.1. The predicted octanol–water partition coefficient (Wildman–Crippen LogP) is 3.75. The first-order valence-corrected chi connectivity index (χ1v) is 11.4. The van der Waals surface area contributed by atoms with Gasteiger partial charge in [0, 0.05) is 25.2 Å². The number of esters is 1. The molecule has 2 atom stereocenters. The van der Waals surface area contributed by atoms with Crippen LogP contribution in [-0.4, -0.2) is 42.2 Å². The number of unbranched alkanes of at least 4 members (excludes halogenated alkanes) is 3. The van der Waals surface area contributed by atoms with Gasteiger partial charge in [0.15, 0.2) is 0 Å². The summed E-state index contributed by atoms with van der Waals surface area (Å²) in [6.07, 6.45) is 6.03. The summed E-state index contributed by atoms with van der Waals surface area (Å²) < 4.78 is 4.60. The number of aldehydes is 1. The van der Waals surface area contributed by atoms with E-state index in [1.807, 2.05) is 13.8 Å². The van der Waals surface area contributed by atoms with Gasteiger partial charge >= 0.3 is 5.97 Å². The third-order valence-electron chi connectivity index (χ3n) is 5.57. The van der Waals surface area contributed by atoms with Crippen LogP contribution in [0.4, 0.5) is 0 Å². The minimum absolute atomic E-state index is 0.0436. The Morgan fingerprint density at radius 3 is 2.19 bits per heavy atom. The molecule has 0 bridgehead atoms. The van der Waals surface area contributed by atoms with Crippen LogP contribution in [-0.2, 0) is 30.3 Å². The van der Waals surface area contributed by atoms with E-state index in [2.05, 4.69) is 10.1 Å². The van der Waals surface area contributed by atoms with Crippen LogP contribution in [0.5, 0.6) is 5.75 Å². The molecule has 1 aromatic rings. The molecule has 0 aliphatic heterocycles. The Balaban J connectivity index is 2.41. The van der Waals surface area contributed by atoms with Crippen molar-refractivity contribution in [1.29, 1.82) is 0 Å². The second kappa shape index (κ2) is 15.2. The number of hydrogen-bond donors (Lipinski definition) is 2. The van der Waals surface area contributed by atoms with Crippen LogP contribution < -0.4 is 5.32 Å². The molecule has 7 heteroatoms. The Kier molecular flexibility index (Phi) is 12.9. The van der Waals surface area contributed by atoms with Crippen LogP contribution in [0.3, 0.4) is 0 Å². The number of phenols is 1. The van der Waals surface area contributed by atoms with Crippen molar-refractivity contribution in [2.24, 2.45) is 11.8 Å². The quantitative estimate of drug-likeness (QED) is 0.227. The van der Waals surface area contributed by atoms with Crippen LogP contribution in [0.1, 0.15) is 70.8 Å². The van der Waals surface area contributed by atoms with Crippen LogP contribution in [0.15, 0.2) is 24.3 Å². The topological polar surface area (TPSA) is 110 Å². The fourth-order valence-electron chi connectivity index (χ4n) is 3.56. The zero-order valence-electron chi connectivity index (χ0n) is 19.5. The number of carbonyl (C=O) groups excluding carboxylic acids is 4. The number of methoxy groups -OCH3 is 1. The highest BCUT2D eigenvalue weighted by atomic mass is 16.5. The number of carbonyl (C=O) groups is 4. The molecule has 0 radical (unpaired) electrons. The molecule has 0 saturated heterocycles. The van der Waals surface area contributed by atoms with E-state index in [1.165, 1.54) is 7.11 Å². The van der Waals surface area contributed by atoms with Crippen LogP contribution in [0.2, 0.25) is 0 Å². The summed E-state index contributed by atoms with van der Waals surface area (Å²) in [4.78, 5) is 47.5. The van der Waals surface area contributed by atoms with Gasteiger partial charge in [0.05, 0.1) is 13.2 Å². The normalized spacial score (nSPS) is 12.8.